The van der Waals surface area contributed by atoms with Gasteiger partial charge in [0, 0.05) is 63.6 Å². The van der Waals surface area contributed by atoms with Gasteiger partial charge in [-0.25, -0.2) is 4.39 Å². The molecule has 0 aliphatic carbocycles. The Morgan fingerprint density at radius 3 is 2.55 bits per heavy atom. The van der Waals surface area contributed by atoms with Gasteiger partial charge in [0.1, 0.15) is 5.82 Å². The molecule has 0 saturated heterocycles. The molecule has 2 aromatic rings. The topological polar surface area (TPSA) is 56.8 Å². The smallest absolute Gasteiger partial charge is 0.254 e. The van der Waals surface area contributed by atoms with Crippen LogP contribution in [0.2, 0.25) is 0 Å². The van der Waals surface area contributed by atoms with Gasteiger partial charge >= 0.3 is 0 Å². The minimum absolute atomic E-state index is 0.0903. The number of hydrogen-bond acceptors (Lipinski definition) is 4. The molecule has 0 saturated carbocycles. The zero-order valence-electron chi connectivity index (χ0n) is 18.8. The van der Waals surface area contributed by atoms with Crippen molar-refractivity contribution in [2.75, 3.05) is 31.1 Å². The van der Waals surface area contributed by atoms with E-state index in [4.69, 9.17) is 0 Å². The Bertz CT molecular complexity index is 947. The number of anilines is 1. The highest BCUT2D eigenvalue weighted by atomic mass is 19.1. The molecule has 166 valence electrons. The van der Waals surface area contributed by atoms with E-state index >= 15 is 0 Å². The molecular formula is C24H31FN4O2. The number of aromatic nitrogens is 1. The van der Waals surface area contributed by atoms with E-state index < -0.39 is 5.82 Å². The Morgan fingerprint density at radius 2 is 1.87 bits per heavy atom. The third kappa shape index (κ3) is 5.47. The number of amides is 2. The Kier molecular flexibility index (Phi) is 7.38. The van der Waals surface area contributed by atoms with E-state index in [-0.39, 0.29) is 11.8 Å². The van der Waals surface area contributed by atoms with Crippen LogP contribution in [0.5, 0.6) is 0 Å². The quantitative estimate of drug-likeness (QED) is 0.736. The van der Waals surface area contributed by atoms with Crippen LogP contribution in [-0.2, 0) is 11.3 Å². The van der Waals surface area contributed by atoms with Crippen LogP contribution in [0.25, 0.3) is 0 Å². The van der Waals surface area contributed by atoms with Crippen molar-refractivity contribution < 1.29 is 14.0 Å². The lowest BCUT2D eigenvalue weighted by molar-refractivity contribution is -0.116. The van der Waals surface area contributed by atoms with E-state index in [1.807, 2.05) is 6.92 Å². The van der Waals surface area contributed by atoms with Crippen LogP contribution in [0, 0.1) is 12.7 Å². The SMILES string of the molecule is CC(=O)N1CCCN(C(C)C)CCN(C(=O)c2ccncc2C)Cc2ccc(F)cc21. The molecule has 31 heavy (non-hydrogen) atoms. The maximum absolute atomic E-state index is 14.1. The standard InChI is InChI=1S/C24H31FN4O2/c1-17(2)27-10-5-11-29(19(4)30)23-14-21(25)7-6-20(23)16-28(13-12-27)24(31)22-8-9-26-15-18(22)3/h6-9,14-15,17H,5,10-13,16H2,1-4H3. The lowest BCUT2D eigenvalue weighted by Gasteiger charge is -2.30. The normalized spacial score (nSPS) is 16.1. The second-order valence-electron chi connectivity index (χ2n) is 8.34. The molecule has 1 aromatic carbocycles. The van der Waals surface area contributed by atoms with Crippen molar-refractivity contribution in [1.29, 1.82) is 0 Å². The van der Waals surface area contributed by atoms with Crippen LogP contribution >= 0.6 is 0 Å². The van der Waals surface area contributed by atoms with Crippen molar-refractivity contribution in [3.05, 3.63) is 59.2 Å². The number of hydrogen-bond donors (Lipinski definition) is 0. The Hall–Kier alpha value is -2.80. The Morgan fingerprint density at radius 1 is 1.10 bits per heavy atom. The van der Waals surface area contributed by atoms with Crippen LogP contribution in [0.4, 0.5) is 10.1 Å². The number of pyridine rings is 1. The average Bonchev–Trinajstić information content (AvgIpc) is 2.75. The Labute approximate surface area is 183 Å². The molecule has 0 fully saturated rings. The summed E-state index contributed by atoms with van der Waals surface area (Å²) in [7, 11) is 0. The van der Waals surface area contributed by atoms with Gasteiger partial charge in [-0.3, -0.25) is 19.5 Å². The summed E-state index contributed by atoms with van der Waals surface area (Å²) in [6.07, 6.45) is 4.07. The molecule has 1 aliphatic rings. The fraction of sp³-hybridized carbons (Fsp3) is 0.458. The largest absolute Gasteiger partial charge is 0.333 e. The number of aryl methyl sites for hydroxylation is 1. The summed E-state index contributed by atoms with van der Waals surface area (Å²) >= 11 is 0. The van der Waals surface area contributed by atoms with E-state index in [1.165, 1.54) is 19.1 Å². The van der Waals surface area contributed by atoms with E-state index in [0.717, 1.165) is 30.6 Å². The summed E-state index contributed by atoms with van der Waals surface area (Å²) in [6.45, 7) is 10.5. The first-order valence-corrected chi connectivity index (χ1v) is 10.8. The van der Waals surface area contributed by atoms with Crippen molar-refractivity contribution >= 4 is 17.5 Å². The second-order valence-corrected chi connectivity index (χ2v) is 8.34. The highest BCUT2D eigenvalue weighted by Gasteiger charge is 2.24. The maximum atomic E-state index is 14.1. The first-order chi connectivity index (χ1) is 14.8. The minimum atomic E-state index is -0.397. The number of benzene rings is 1. The molecule has 0 atom stereocenters. The predicted molar refractivity (Wildman–Crippen MR) is 119 cm³/mol. The van der Waals surface area contributed by atoms with Gasteiger partial charge in [-0.1, -0.05) is 6.07 Å². The third-order valence-corrected chi connectivity index (χ3v) is 5.83. The van der Waals surface area contributed by atoms with Crippen LogP contribution in [0.1, 0.15) is 48.7 Å². The van der Waals surface area contributed by atoms with Crippen LogP contribution in [-0.4, -0.2) is 58.8 Å². The van der Waals surface area contributed by atoms with Gasteiger partial charge in [0.15, 0.2) is 0 Å². The number of halogens is 1. The third-order valence-electron chi connectivity index (χ3n) is 5.83. The zero-order chi connectivity index (χ0) is 22.5. The number of rotatable bonds is 2. The van der Waals surface area contributed by atoms with Crippen molar-refractivity contribution in [3.8, 4) is 0 Å². The number of carbonyl (C=O) groups excluding carboxylic acids is 2. The molecule has 0 spiro atoms. The molecule has 3 rings (SSSR count). The molecule has 1 aromatic heterocycles. The molecule has 2 amide bonds. The highest BCUT2D eigenvalue weighted by molar-refractivity contribution is 5.96. The molecule has 0 unspecified atom stereocenters. The maximum Gasteiger partial charge on any atom is 0.254 e. The van der Waals surface area contributed by atoms with Gasteiger partial charge in [-0.15, -0.1) is 0 Å². The predicted octanol–water partition coefficient (Wildman–Crippen LogP) is 3.64. The highest BCUT2D eigenvalue weighted by Crippen LogP contribution is 2.26. The summed E-state index contributed by atoms with van der Waals surface area (Å²) in [5.74, 6) is -0.621. The van der Waals surface area contributed by atoms with E-state index in [9.17, 15) is 14.0 Å². The lowest BCUT2D eigenvalue weighted by atomic mass is 10.1. The molecule has 2 heterocycles. The van der Waals surface area contributed by atoms with Crippen molar-refractivity contribution in [2.24, 2.45) is 0 Å². The molecule has 1 aliphatic heterocycles. The van der Waals surface area contributed by atoms with E-state index in [1.54, 1.807) is 34.3 Å². The first kappa shape index (κ1) is 22.9. The number of fused-ring (bicyclic) bond motifs is 1. The second kappa shape index (κ2) is 10.0. The number of nitrogens with zero attached hydrogens (tertiary/aromatic N) is 4. The van der Waals surface area contributed by atoms with E-state index in [2.05, 4.69) is 23.7 Å². The average molecular weight is 427 g/mol. The molecular weight excluding hydrogens is 395 g/mol. The van der Waals surface area contributed by atoms with Gasteiger partial charge in [0.05, 0.1) is 5.69 Å². The zero-order valence-corrected chi connectivity index (χ0v) is 18.8. The molecule has 0 N–H and O–H groups in total. The van der Waals surface area contributed by atoms with Gasteiger partial charge in [0.25, 0.3) is 5.91 Å². The van der Waals surface area contributed by atoms with Crippen LogP contribution < -0.4 is 4.90 Å². The fourth-order valence-corrected chi connectivity index (χ4v) is 4.02. The van der Waals surface area contributed by atoms with Crippen molar-refractivity contribution in [2.45, 2.75) is 46.7 Å². The molecule has 0 radical (unpaired) electrons. The molecule has 7 heteroatoms. The Balaban J connectivity index is 2.04. The summed E-state index contributed by atoms with van der Waals surface area (Å²) in [6, 6.07) is 6.51. The summed E-state index contributed by atoms with van der Waals surface area (Å²) < 4.78 is 14.1. The monoisotopic (exact) mass is 426 g/mol. The fourth-order valence-electron chi connectivity index (χ4n) is 4.02. The van der Waals surface area contributed by atoms with Gasteiger partial charge in [-0.05, 0) is 56.5 Å². The van der Waals surface area contributed by atoms with Crippen molar-refractivity contribution in [3.63, 3.8) is 0 Å². The first-order valence-electron chi connectivity index (χ1n) is 10.8. The number of carbonyl (C=O) groups is 2. The summed E-state index contributed by atoms with van der Waals surface area (Å²) in [5, 5.41) is 0. The van der Waals surface area contributed by atoms with Crippen LogP contribution in [0.3, 0.4) is 0 Å². The lowest BCUT2D eigenvalue weighted by Crippen LogP contribution is -2.41. The van der Waals surface area contributed by atoms with Gasteiger partial charge in [-0.2, -0.15) is 0 Å². The van der Waals surface area contributed by atoms with Crippen LogP contribution in [0.15, 0.2) is 36.7 Å². The molecule has 6 nitrogen and oxygen atoms in total. The van der Waals surface area contributed by atoms with Gasteiger partial charge < -0.3 is 9.80 Å². The van der Waals surface area contributed by atoms with Gasteiger partial charge in [0.2, 0.25) is 5.91 Å². The minimum Gasteiger partial charge on any atom is -0.333 e. The molecule has 0 bridgehead atoms. The van der Waals surface area contributed by atoms with Crippen molar-refractivity contribution in [1.82, 2.24) is 14.8 Å². The van der Waals surface area contributed by atoms with E-state index in [0.29, 0.717) is 36.9 Å². The summed E-state index contributed by atoms with van der Waals surface area (Å²) in [4.78, 5) is 35.7. The summed E-state index contributed by atoms with van der Waals surface area (Å²) in [5.41, 5.74) is 2.71.